The van der Waals surface area contributed by atoms with Crippen molar-refractivity contribution in [2.24, 2.45) is 7.05 Å². The van der Waals surface area contributed by atoms with Gasteiger partial charge >= 0.3 is 0 Å². The van der Waals surface area contributed by atoms with Gasteiger partial charge in [0.1, 0.15) is 6.33 Å². The molecule has 21 heavy (non-hydrogen) atoms. The van der Waals surface area contributed by atoms with Crippen LogP contribution in [0, 0.1) is 0 Å². The molecule has 0 fully saturated rings. The van der Waals surface area contributed by atoms with E-state index in [0.717, 1.165) is 29.4 Å². The van der Waals surface area contributed by atoms with Crippen LogP contribution >= 0.6 is 0 Å². The lowest BCUT2D eigenvalue weighted by Gasteiger charge is -2.14. The standard InChI is InChI=1S/C15H22N4O2/c1-11(2)21-13-6-5-12(7-14(13)20-4)8-16-9-15-17-10-19(3)18-15/h5-7,10-11,16H,8-9H2,1-4H3. The van der Waals surface area contributed by atoms with Gasteiger partial charge in [-0.1, -0.05) is 6.07 Å². The number of hydrogen-bond acceptors (Lipinski definition) is 5. The smallest absolute Gasteiger partial charge is 0.164 e. The lowest BCUT2D eigenvalue weighted by molar-refractivity contribution is 0.230. The van der Waals surface area contributed by atoms with Gasteiger partial charge in [-0.3, -0.25) is 4.68 Å². The number of ether oxygens (including phenoxy) is 2. The SMILES string of the molecule is COc1cc(CNCc2ncn(C)n2)ccc1OC(C)C. The number of benzene rings is 1. The third-order valence-electron chi connectivity index (χ3n) is 2.85. The minimum Gasteiger partial charge on any atom is -0.493 e. The zero-order chi connectivity index (χ0) is 15.2. The van der Waals surface area contributed by atoms with Crippen molar-refractivity contribution in [3.05, 3.63) is 35.9 Å². The van der Waals surface area contributed by atoms with Crippen molar-refractivity contribution in [1.82, 2.24) is 20.1 Å². The molecule has 1 N–H and O–H groups in total. The van der Waals surface area contributed by atoms with E-state index in [4.69, 9.17) is 9.47 Å². The molecule has 2 aromatic rings. The van der Waals surface area contributed by atoms with Crippen molar-refractivity contribution in [2.45, 2.75) is 33.0 Å². The van der Waals surface area contributed by atoms with E-state index >= 15 is 0 Å². The van der Waals surface area contributed by atoms with Crippen molar-refractivity contribution in [3.8, 4) is 11.5 Å². The van der Waals surface area contributed by atoms with E-state index in [1.807, 2.05) is 39.1 Å². The van der Waals surface area contributed by atoms with Gasteiger partial charge in [0.15, 0.2) is 17.3 Å². The Balaban J connectivity index is 1.94. The fourth-order valence-corrected chi connectivity index (χ4v) is 1.96. The molecule has 114 valence electrons. The summed E-state index contributed by atoms with van der Waals surface area (Å²) < 4.78 is 12.8. The molecule has 6 nitrogen and oxygen atoms in total. The summed E-state index contributed by atoms with van der Waals surface area (Å²) >= 11 is 0. The summed E-state index contributed by atoms with van der Waals surface area (Å²) in [7, 11) is 3.51. The summed E-state index contributed by atoms with van der Waals surface area (Å²) in [6, 6.07) is 5.95. The molecular formula is C15H22N4O2. The Labute approximate surface area is 125 Å². The summed E-state index contributed by atoms with van der Waals surface area (Å²) in [6.07, 6.45) is 1.82. The minimum atomic E-state index is 0.123. The molecule has 0 spiro atoms. The van der Waals surface area contributed by atoms with Gasteiger partial charge in [0.05, 0.1) is 19.8 Å². The fraction of sp³-hybridized carbons (Fsp3) is 0.467. The van der Waals surface area contributed by atoms with Crippen LogP contribution in [0.2, 0.25) is 0 Å². The van der Waals surface area contributed by atoms with Crippen LogP contribution in [0.1, 0.15) is 25.2 Å². The Bertz CT molecular complexity index is 581. The summed E-state index contributed by atoms with van der Waals surface area (Å²) in [4.78, 5) is 4.17. The normalized spacial score (nSPS) is 10.9. The number of methoxy groups -OCH3 is 1. The summed E-state index contributed by atoms with van der Waals surface area (Å²) in [5, 5.41) is 7.53. The third kappa shape index (κ3) is 4.46. The van der Waals surface area contributed by atoms with Crippen LogP contribution in [0.4, 0.5) is 0 Å². The lowest BCUT2D eigenvalue weighted by atomic mass is 10.2. The van der Waals surface area contributed by atoms with Gasteiger partial charge in [0, 0.05) is 13.6 Å². The van der Waals surface area contributed by atoms with E-state index in [-0.39, 0.29) is 6.10 Å². The molecule has 6 heteroatoms. The molecule has 1 aromatic carbocycles. The van der Waals surface area contributed by atoms with Gasteiger partial charge in [0.25, 0.3) is 0 Å². The maximum atomic E-state index is 5.70. The van der Waals surface area contributed by atoms with Gasteiger partial charge in [0.2, 0.25) is 0 Å². The van der Waals surface area contributed by atoms with Gasteiger partial charge in [-0.2, -0.15) is 5.10 Å². The molecule has 0 aliphatic carbocycles. The predicted molar refractivity (Wildman–Crippen MR) is 80.3 cm³/mol. The van der Waals surface area contributed by atoms with Crippen molar-refractivity contribution < 1.29 is 9.47 Å². The van der Waals surface area contributed by atoms with Crippen LogP contribution in [0.15, 0.2) is 24.5 Å². The van der Waals surface area contributed by atoms with E-state index < -0.39 is 0 Å². The van der Waals surface area contributed by atoms with Crippen LogP contribution in [0.25, 0.3) is 0 Å². The number of aromatic nitrogens is 3. The highest BCUT2D eigenvalue weighted by Crippen LogP contribution is 2.28. The molecule has 0 amide bonds. The quantitative estimate of drug-likeness (QED) is 0.844. The summed E-state index contributed by atoms with van der Waals surface area (Å²) in [5.74, 6) is 2.30. The number of nitrogens with one attached hydrogen (secondary N) is 1. The first-order valence-corrected chi connectivity index (χ1v) is 6.97. The molecular weight excluding hydrogens is 268 g/mol. The topological polar surface area (TPSA) is 61.2 Å². The van der Waals surface area contributed by atoms with Crippen LogP contribution in [0.3, 0.4) is 0 Å². The molecule has 2 rings (SSSR count). The highest BCUT2D eigenvalue weighted by molar-refractivity contribution is 5.43. The maximum absolute atomic E-state index is 5.70. The van der Waals surface area contributed by atoms with E-state index in [0.29, 0.717) is 6.54 Å². The van der Waals surface area contributed by atoms with Crippen LogP contribution in [-0.2, 0) is 20.1 Å². The van der Waals surface area contributed by atoms with E-state index in [1.165, 1.54) is 0 Å². The second kappa shape index (κ2) is 7.08. The zero-order valence-corrected chi connectivity index (χ0v) is 13.0. The number of hydrogen-bond donors (Lipinski definition) is 1. The number of rotatable bonds is 7. The summed E-state index contributed by atoms with van der Waals surface area (Å²) in [5.41, 5.74) is 1.12. The molecule has 0 saturated carbocycles. The first kappa shape index (κ1) is 15.3. The van der Waals surface area contributed by atoms with E-state index in [9.17, 15) is 0 Å². The molecule has 0 aliphatic rings. The van der Waals surface area contributed by atoms with Gasteiger partial charge in [-0.15, -0.1) is 0 Å². The zero-order valence-electron chi connectivity index (χ0n) is 13.0. The molecule has 1 aromatic heterocycles. The van der Waals surface area contributed by atoms with Gasteiger partial charge in [-0.05, 0) is 31.5 Å². The molecule has 0 bridgehead atoms. The Morgan fingerprint density at radius 1 is 1.24 bits per heavy atom. The maximum Gasteiger partial charge on any atom is 0.164 e. The first-order chi connectivity index (χ1) is 10.1. The van der Waals surface area contributed by atoms with Crippen LogP contribution in [0.5, 0.6) is 11.5 Å². The van der Waals surface area contributed by atoms with Gasteiger partial charge < -0.3 is 14.8 Å². The van der Waals surface area contributed by atoms with Crippen molar-refractivity contribution in [2.75, 3.05) is 7.11 Å². The molecule has 0 radical (unpaired) electrons. The summed E-state index contributed by atoms with van der Waals surface area (Å²) in [6.45, 7) is 5.34. The second-order valence-electron chi connectivity index (χ2n) is 5.09. The second-order valence-corrected chi connectivity index (χ2v) is 5.09. The molecule has 0 saturated heterocycles. The predicted octanol–water partition coefficient (Wildman–Crippen LogP) is 1.90. The van der Waals surface area contributed by atoms with E-state index in [1.54, 1.807) is 18.1 Å². The highest BCUT2D eigenvalue weighted by atomic mass is 16.5. The largest absolute Gasteiger partial charge is 0.493 e. The van der Waals surface area contributed by atoms with Crippen molar-refractivity contribution >= 4 is 0 Å². The number of nitrogens with zero attached hydrogens (tertiary/aromatic N) is 3. The highest BCUT2D eigenvalue weighted by Gasteiger charge is 2.07. The fourth-order valence-electron chi connectivity index (χ4n) is 1.96. The Morgan fingerprint density at radius 3 is 2.67 bits per heavy atom. The van der Waals surface area contributed by atoms with Crippen LogP contribution in [-0.4, -0.2) is 28.0 Å². The Hall–Kier alpha value is -2.08. The van der Waals surface area contributed by atoms with E-state index in [2.05, 4.69) is 15.4 Å². The molecule has 0 aliphatic heterocycles. The molecule has 0 atom stereocenters. The first-order valence-electron chi connectivity index (χ1n) is 6.97. The Morgan fingerprint density at radius 2 is 2.05 bits per heavy atom. The lowest BCUT2D eigenvalue weighted by Crippen LogP contribution is -2.14. The van der Waals surface area contributed by atoms with Crippen molar-refractivity contribution in [3.63, 3.8) is 0 Å². The minimum absolute atomic E-state index is 0.123. The average molecular weight is 290 g/mol. The van der Waals surface area contributed by atoms with Crippen molar-refractivity contribution in [1.29, 1.82) is 0 Å². The third-order valence-corrected chi connectivity index (χ3v) is 2.85. The molecule has 0 unspecified atom stereocenters. The average Bonchev–Trinajstić information content (AvgIpc) is 2.85. The molecule has 1 heterocycles. The number of aryl methyl sites for hydroxylation is 1. The monoisotopic (exact) mass is 290 g/mol. The van der Waals surface area contributed by atoms with Gasteiger partial charge in [-0.25, -0.2) is 4.98 Å². The Kier molecular flexibility index (Phi) is 5.16. The van der Waals surface area contributed by atoms with Crippen LogP contribution < -0.4 is 14.8 Å².